The molecule has 0 bridgehead atoms. The van der Waals surface area contributed by atoms with Gasteiger partial charge in [0.1, 0.15) is 0 Å². The number of rotatable bonds is 4. The Kier molecular flexibility index (Phi) is 6.71. The lowest BCUT2D eigenvalue weighted by atomic mass is 9.76. The Morgan fingerprint density at radius 1 is 1.00 bits per heavy atom. The van der Waals surface area contributed by atoms with E-state index in [2.05, 4.69) is 31.4 Å². The van der Waals surface area contributed by atoms with Gasteiger partial charge in [0.25, 0.3) is 0 Å². The van der Waals surface area contributed by atoms with Crippen molar-refractivity contribution in [3.05, 3.63) is 0 Å². The van der Waals surface area contributed by atoms with Crippen molar-refractivity contribution in [2.24, 2.45) is 11.3 Å². The van der Waals surface area contributed by atoms with Crippen LogP contribution in [-0.4, -0.2) is 24.0 Å². The Morgan fingerprint density at radius 3 is 2.24 bits per heavy atom. The van der Waals surface area contributed by atoms with E-state index in [0.29, 0.717) is 17.9 Å². The van der Waals surface area contributed by atoms with Crippen LogP contribution in [0.15, 0.2) is 0 Å². The molecule has 0 aromatic rings. The van der Waals surface area contributed by atoms with Crippen LogP contribution in [0.2, 0.25) is 0 Å². The third kappa shape index (κ3) is 7.85. The number of amides is 1. The molecule has 1 amide bonds. The molecule has 2 N–H and O–H groups in total. The van der Waals surface area contributed by atoms with E-state index in [4.69, 9.17) is 0 Å². The van der Waals surface area contributed by atoms with E-state index >= 15 is 0 Å². The van der Waals surface area contributed by atoms with Gasteiger partial charge in [0.15, 0.2) is 0 Å². The minimum Gasteiger partial charge on any atom is -0.351 e. The van der Waals surface area contributed by atoms with E-state index in [-0.39, 0.29) is 11.4 Å². The summed E-state index contributed by atoms with van der Waals surface area (Å²) in [5.41, 5.74) is 0.306. The molecule has 21 heavy (non-hydrogen) atoms. The number of carbonyl (C=O) groups excluding carboxylic acids is 1. The van der Waals surface area contributed by atoms with Crippen LogP contribution in [0.4, 0.5) is 0 Å². The molecule has 3 heteroatoms. The molecule has 1 rings (SSSR count). The summed E-state index contributed by atoms with van der Waals surface area (Å²) in [5, 5.41) is 6.61. The highest BCUT2D eigenvalue weighted by molar-refractivity contribution is 5.76. The highest BCUT2D eigenvalue weighted by Crippen LogP contribution is 2.36. The van der Waals surface area contributed by atoms with Gasteiger partial charge in [-0.25, -0.2) is 0 Å². The van der Waals surface area contributed by atoms with Crippen molar-refractivity contribution in [3.63, 3.8) is 0 Å². The molecule has 0 radical (unpaired) electrons. The first-order valence-electron chi connectivity index (χ1n) is 8.62. The Hall–Kier alpha value is -0.570. The first-order chi connectivity index (χ1) is 9.58. The molecule has 1 aliphatic rings. The van der Waals surface area contributed by atoms with Gasteiger partial charge in [0, 0.05) is 24.5 Å². The third-order valence-electron chi connectivity index (χ3n) is 4.49. The predicted octanol–water partition coefficient (Wildman–Crippen LogP) is 3.88. The van der Waals surface area contributed by atoms with E-state index in [1.54, 1.807) is 0 Å². The molecule has 0 aromatic heterocycles. The Labute approximate surface area is 131 Å². The minimum absolute atomic E-state index is 0.126. The van der Waals surface area contributed by atoms with Crippen LogP contribution >= 0.6 is 0 Å². The average Bonchev–Trinajstić information content (AvgIpc) is 2.51. The van der Waals surface area contributed by atoms with Crippen LogP contribution in [0.25, 0.3) is 0 Å². The molecule has 0 aliphatic heterocycles. The topological polar surface area (TPSA) is 41.1 Å². The second kappa shape index (κ2) is 7.62. The normalized spacial score (nSPS) is 24.5. The quantitative estimate of drug-likeness (QED) is 0.773. The molecule has 0 aromatic carbocycles. The van der Waals surface area contributed by atoms with Gasteiger partial charge >= 0.3 is 0 Å². The second-order valence-corrected chi connectivity index (χ2v) is 8.77. The number of carbonyl (C=O) groups is 1. The molecule has 124 valence electrons. The van der Waals surface area contributed by atoms with E-state index in [9.17, 15) is 4.79 Å². The van der Waals surface area contributed by atoms with Crippen molar-refractivity contribution >= 4 is 5.91 Å². The zero-order chi connectivity index (χ0) is 16.1. The van der Waals surface area contributed by atoms with Crippen molar-refractivity contribution in [2.45, 2.75) is 91.6 Å². The van der Waals surface area contributed by atoms with Crippen molar-refractivity contribution in [3.8, 4) is 0 Å². The lowest BCUT2D eigenvalue weighted by Gasteiger charge is -2.29. The smallest absolute Gasteiger partial charge is 0.221 e. The minimum atomic E-state index is -0.126. The first-order valence-corrected chi connectivity index (χ1v) is 8.62. The fourth-order valence-corrected chi connectivity index (χ4v) is 3.24. The van der Waals surface area contributed by atoms with E-state index in [0.717, 1.165) is 12.5 Å². The maximum atomic E-state index is 11.8. The lowest BCUT2D eigenvalue weighted by Crippen LogP contribution is -2.42. The highest BCUT2D eigenvalue weighted by Gasteiger charge is 2.27. The molecule has 1 saturated carbocycles. The van der Waals surface area contributed by atoms with Gasteiger partial charge < -0.3 is 10.6 Å². The fourth-order valence-electron chi connectivity index (χ4n) is 3.24. The molecule has 2 unspecified atom stereocenters. The summed E-state index contributed by atoms with van der Waals surface area (Å²) in [6, 6.07) is 0.597. The number of hydrogen-bond donors (Lipinski definition) is 2. The SMILES string of the molecule is CC(C)(C)NC(=O)CCNC1CCCC(C(C)(C)C)CC1. The molecule has 2 atom stereocenters. The van der Waals surface area contributed by atoms with Crippen molar-refractivity contribution in [1.29, 1.82) is 0 Å². The number of hydrogen-bond acceptors (Lipinski definition) is 2. The molecule has 0 heterocycles. The van der Waals surface area contributed by atoms with E-state index in [1.165, 1.54) is 32.1 Å². The summed E-state index contributed by atoms with van der Waals surface area (Å²) in [5.74, 6) is 0.990. The van der Waals surface area contributed by atoms with Crippen LogP contribution < -0.4 is 10.6 Å². The Morgan fingerprint density at radius 2 is 1.67 bits per heavy atom. The zero-order valence-corrected chi connectivity index (χ0v) is 15.0. The maximum absolute atomic E-state index is 11.8. The standard InChI is InChI=1S/C18H36N2O/c1-17(2,3)14-8-7-9-15(11-10-14)19-13-12-16(21)20-18(4,5)6/h14-15,19H,7-13H2,1-6H3,(H,20,21). The second-order valence-electron chi connectivity index (χ2n) is 8.77. The molecular weight excluding hydrogens is 260 g/mol. The summed E-state index contributed by atoms with van der Waals surface area (Å²) >= 11 is 0. The zero-order valence-electron chi connectivity index (χ0n) is 15.0. The highest BCUT2D eigenvalue weighted by atomic mass is 16.1. The van der Waals surface area contributed by atoms with Crippen LogP contribution in [0.1, 0.15) is 80.1 Å². The summed E-state index contributed by atoms with van der Waals surface area (Å²) in [4.78, 5) is 11.8. The van der Waals surface area contributed by atoms with Crippen molar-refractivity contribution in [2.75, 3.05) is 6.54 Å². The van der Waals surface area contributed by atoms with Crippen molar-refractivity contribution in [1.82, 2.24) is 10.6 Å². The predicted molar refractivity (Wildman–Crippen MR) is 90.3 cm³/mol. The van der Waals surface area contributed by atoms with Gasteiger partial charge in [-0.15, -0.1) is 0 Å². The van der Waals surface area contributed by atoms with Crippen LogP contribution in [-0.2, 0) is 4.79 Å². The van der Waals surface area contributed by atoms with Gasteiger partial charge in [-0.1, -0.05) is 27.2 Å². The third-order valence-corrected chi connectivity index (χ3v) is 4.49. The molecule has 1 fully saturated rings. The van der Waals surface area contributed by atoms with Crippen molar-refractivity contribution < 1.29 is 4.79 Å². The molecule has 3 nitrogen and oxygen atoms in total. The summed E-state index contributed by atoms with van der Waals surface area (Å²) < 4.78 is 0. The van der Waals surface area contributed by atoms with E-state index in [1.807, 2.05) is 20.8 Å². The summed E-state index contributed by atoms with van der Waals surface area (Å²) in [6.45, 7) is 14.0. The summed E-state index contributed by atoms with van der Waals surface area (Å²) in [7, 11) is 0. The van der Waals surface area contributed by atoms with Gasteiger partial charge in [0.05, 0.1) is 0 Å². The average molecular weight is 296 g/mol. The van der Waals surface area contributed by atoms with Gasteiger partial charge in [-0.3, -0.25) is 4.79 Å². The molecule has 1 aliphatic carbocycles. The largest absolute Gasteiger partial charge is 0.351 e. The first kappa shape index (κ1) is 18.5. The lowest BCUT2D eigenvalue weighted by molar-refractivity contribution is -0.122. The monoisotopic (exact) mass is 296 g/mol. The maximum Gasteiger partial charge on any atom is 0.221 e. The Bertz CT molecular complexity index is 325. The molecular formula is C18H36N2O. The fraction of sp³-hybridized carbons (Fsp3) is 0.944. The summed E-state index contributed by atoms with van der Waals surface area (Å²) in [6.07, 6.45) is 7.07. The Balaban J connectivity index is 2.26. The number of nitrogens with one attached hydrogen (secondary N) is 2. The van der Waals surface area contributed by atoms with Gasteiger partial charge in [-0.05, 0) is 57.8 Å². The van der Waals surface area contributed by atoms with Crippen LogP contribution in [0.5, 0.6) is 0 Å². The van der Waals surface area contributed by atoms with Gasteiger partial charge in [0.2, 0.25) is 5.91 Å². The molecule has 0 saturated heterocycles. The van der Waals surface area contributed by atoms with E-state index < -0.39 is 0 Å². The van der Waals surface area contributed by atoms with Gasteiger partial charge in [-0.2, -0.15) is 0 Å². The van der Waals surface area contributed by atoms with Crippen LogP contribution in [0, 0.1) is 11.3 Å². The van der Waals surface area contributed by atoms with Crippen LogP contribution in [0.3, 0.4) is 0 Å². The molecule has 0 spiro atoms.